The highest BCUT2D eigenvalue weighted by atomic mass is 32.1. The topological polar surface area (TPSA) is 165 Å². The number of piperazine rings is 1. The number of hydrogen-bond acceptors (Lipinski definition) is 14. The summed E-state index contributed by atoms with van der Waals surface area (Å²) in [6, 6.07) is 8.21. The molecule has 18 heteroatoms. The van der Waals surface area contributed by atoms with Crippen molar-refractivity contribution in [1.29, 1.82) is 0 Å². The molecule has 9 heterocycles. The normalized spacial score (nSPS) is 27.5. The van der Waals surface area contributed by atoms with Crippen LogP contribution in [0.3, 0.4) is 0 Å². The number of urea groups is 1. The van der Waals surface area contributed by atoms with Crippen LogP contribution in [0.1, 0.15) is 108 Å². The van der Waals surface area contributed by atoms with Gasteiger partial charge in [-0.1, -0.05) is 19.9 Å². The van der Waals surface area contributed by atoms with E-state index in [1.807, 2.05) is 25.4 Å². The van der Waals surface area contributed by atoms with Gasteiger partial charge in [-0.15, -0.1) is 11.3 Å². The Bertz CT molecular complexity index is 2650. The number of nitrogens with zero attached hydrogens (tertiary/aromatic N) is 7. The van der Waals surface area contributed by atoms with Gasteiger partial charge in [0.15, 0.2) is 0 Å². The number of carbonyl (C=O) groups excluding carboxylic acids is 3. The number of nitrogens with one attached hydrogen (secondary N) is 2. The van der Waals surface area contributed by atoms with Crippen molar-refractivity contribution in [2.45, 2.75) is 135 Å². The molecule has 4 atom stereocenters. The second kappa shape index (κ2) is 20.2. The van der Waals surface area contributed by atoms with Crippen LogP contribution in [0.4, 0.5) is 10.5 Å². The quantitative estimate of drug-likeness (QED) is 0.141. The molecule has 8 aliphatic rings. The van der Waals surface area contributed by atoms with Gasteiger partial charge < -0.3 is 43.4 Å². The number of fused-ring (bicyclic) bond motifs is 4. The van der Waals surface area contributed by atoms with Crippen molar-refractivity contribution in [2.24, 2.45) is 11.3 Å². The molecule has 17 nitrogen and oxygen atoms in total. The number of benzene rings is 1. The predicted molar refractivity (Wildman–Crippen MR) is 275 cm³/mol. The van der Waals surface area contributed by atoms with Crippen molar-refractivity contribution in [3.05, 3.63) is 52.1 Å². The number of ether oxygens (including phenoxy) is 5. The fourth-order valence-corrected chi connectivity index (χ4v) is 12.9. The van der Waals surface area contributed by atoms with Crippen LogP contribution < -0.4 is 15.6 Å². The lowest BCUT2D eigenvalue weighted by atomic mass is 9.66. The molecule has 7 bridgehead atoms. The minimum Gasteiger partial charge on any atom is -0.464 e. The fourth-order valence-electron chi connectivity index (χ4n) is 12.0. The Morgan fingerprint density at radius 1 is 1.03 bits per heavy atom. The van der Waals surface area contributed by atoms with Crippen LogP contribution in [0.2, 0.25) is 0 Å². The molecule has 388 valence electrons. The third-order valence-electron chi connectivity index (χ3n) is 16.5. The number of methoxy groups -OCH3 is 1. The van der Waals surface area contributed by atoms with Crippen LogP contribution >= 0.6 is 11.3 Å². The van der Waals surface area contributed by atoms with Gasteiger partial charge in [0, 0.05) is 118 Å². The molecule has 2 saturated carbocycles. The van der Waals surface area contributed by atoms with Gasteiger partial charge in [0.1, 0.15) is 22.7 Å². The van der Waals surface area contributed by atoms with Gasteiger partial charge in [-0.3, -0.25) is 19.7 Å². The highest BCUT2D eigenvalue weighted by Gasteiger charge is 2.58. The predicted octanol–water partition coefficient (Wildman–Crippen LogP) is 6.89. The van der Waals surface area contributed by atoms with Crippen LogP contribution in [0.5, 0.6) is 0 Å². The molecule has 1 aromatic carbocycles. The lowest BCUT2D eigenvalue weighted by molar-refractivity contribution is -0.180. The van der Waals surface area contributed by atoms with Gasteiger partial charge >= 0.3 is 12.0 Å². The monoisotopic (exact) mass is 1010 g/mol. The second-order valence-corrected chi connectivity index (χ2v) is 23.1. The van der Waals surface area contributed by atoms with E-state index < -0.39 is 23.1 Å². The number of hydrogen-bond donors (Lipinski definition) is 2. The van der Waals surface area contributed by atoms with E-state index in [4.69, 9.17) is 33.7 Å². The van der Waals surface area contributed by atoms with Crippen LogP contribution in [0, 0.1) is 11.3 Å². The number of hydrazine groups is 1. The Labute approximate surface area is 427 Å². The SMILES string of the molecule is CCO[C@@H]1c2nc(cs2)-c2ccc3c(c2)c(c(-c2cc(N4CCN(C5CC5)CC4)cnc2[C@H](C)OC)n3CCOC2CCOCC2)CC(C)(C)COC(=O)C23CC(CN(N2)C(=O)[C@H]1NC(=O)N1CC[C@H]1C)C3. The van der Waals surface area contributed by atoms with Crippen LogP contribution in [-0.2, 0) is 46.2 Å². The molecule has 5 saturated heterocycles. The Hall–Kier alpha value is -4.69. The highest BCUT2D eigenvalue weighted by Crippen LogP contribution is 2.46. The zero-order valence-electron chi connectivity index (χ0n) is 43.0. The molecule has 3 aromatic heterocycles. The summed E-state index contributed by atoms with van der Waals surface area (Å²) in [4.78, 5) is 60.7. The highest BCUT2D eigenvalue weighted by molar-refractivity contribution is 7.10. The van der Waals surface area contributed by atoms with E-state index >= 15 is 0 Å². The molecule has 0 radical (unpaired) electrons. The summed E-state index contributed by atoms with van der Waals surface area (Å²) in [6.07, 6.45) is 7.83. The van der Waals surface area contributed by atoms with Crippen molar-refractivity contribution >= 4 is 45.8 Å². The lowest BCUT2D eigenvalue weighted by Gasteiger charge is -2.55. The summed E-state index contributed by atoms with van der Waals surface area (Å²) >= 11 is 1.41. The minimum absolute atomic E-state index is 0.0528. The smallest absolute Gasteiger partial charge is 0.328 e. The first-order chi connectivity index (χ1) is 34.8. The van der Waals surface area contributed by atoms with E-state index in [1.165, 1.54) is 29.2 Å². The van der Waals surface area contributed by atoms with E-state index in [-0.39, 0.29) is 55.3 Å². The average Bonchev–Trinajstić information content (AvgIpc) is 4.05. The van der Waals surface area contributed by atoms with Crippen LogP contribution in [0.15, 0.2) is 35.8 Å². The van der Waals surface area contributed by atoms with E-state index in [0.717, 1.165) is 102 Å². The van der Waals surface area contributed by atoms with Gasteiger partial charge in [-0.05, 0) is 102 Å². The summed E-state index contributed by atoms with van der Waals surface area (Å²) in [6.45, 7) is 18.1. The van der Waals surface area contributed by atoms with Crippen molar-refractivity contribution in [1.82, 2.24) is 40.1 Å². The zero-order valence-corrected chi connectivity index (χ0v) is 43.8. The molecule has 6 aliphatic heterocycles. The number of carbonyl (C=O) groups is 3. The summed E-state index contributed by atoms with van der Waals surface area (Å²) in [5, 5.41) is 8.25. The zero-order chi connectivity index (χ0) is 49.9. The second-order valence-electron chi connectivity index (χ2n) is 22.2. The molecule has 0 unspecified atom stereocenters. The molecule has 1 spiro atoms. The third-order valence-corrected chi connectivity index (χ3v) is 17.4. The van der Waals surface area contributed by atoms with E-state index in [1.54, 1.807) is 12.0 Å². The minimum atomic E-state index is -1.12. The number of esters is 1. The van der Waals surface area contributed by atoms with Crippen molar-refractivity contribution < 1.29 is 38.1 Å². The Kier molecular flexibility index (Phi) is 13.9. The summed E-state index contributed by atoms with van der Waals surface area (Å²) in [7, 11) is 1.74. The van der Waals surface area contributed by atoms with E-state index in [0.29, 0.717) is 63.7 Å². The standard InChI is InChI=1S/C54H73N9O8S/c1-7-69-48-46(57-52(66)61-15-12-33(61)2)50(64)63-30-35-26-54(27-35,58-63)51(65)71-32-53(4,5)28-42-40-24-36(43-31-72-49(48)56-43)8-11-44(40)62(20-23-70-39-13-21-68-22-14-39)47(42)41-25-38(29-55-45(41)34(3)67-6)60-18-16-59(17-19-60)37-9-10-37/h8,11,24-25,29,31,33-35,37,39,46,48,58H,7,9-10,12-23,26-28,30,32H2,1-6H3,(H,57,66)/t33-,34+,35?,46+,48+,54?/m1/s1. The third kappa shape index (κ3) is 9.65. The largest absolute Gasteiger partial charge is 0.464 e. The molecular weight excluding hydrogens is 935 g/mol. The molecule has 2 N–H and O–H groups in total. The van der Waals surface area contributed by atoms with Crippen LogP contribution in [-0.4, -0.2) is 156 Å². The van der Waals surface area contributed by atoms with Crippen molar-refractivity contribution in [3.63, 3.8) is 0 Å². The Morgan fingerprint density at radius 3 is 2.53 bits per heavy atom. The number of anilines is 1. The number of cyclic esters (lactones) is 1. The number of amides is 3. The summed E-state index contributed by atoms with van der Waals surface area (Å²) in [5.41, 5.74) is 9.52. The first kappa shape index (κ1) is 49.5. The number of aromatic nitrogens is 3. The Balaban J connectivity index is 1.06. The molecule has 4 aromatic rings. The van der Waals surface area contributed by atoms with Gasteiger partial charge in [-0.2, -0.15) is 0 Å². The summed E-state index contributed by atoms with van der Waals surface area (Å²) < 4.78 is 33.7. The summed E-state index contributed by atoms with van der Waals surface area (Å²) in [5.74, 6) is -0.663. The number of thiazole rings is 1. The van der Waals surface area contributed by atoms with Crippen molar-refractivity contribution in [2.75, 3.05) is 84.3 Å². The van der Waals surface area contributed by atoms with Gasteiger partial charge in [0.05, 0.1) is 54.4 Å². The Morgan fingerprint density at radius 2 is 1.82 bits per heavy atom. The maximum atomic E-state index is 14.9. The van der Waals surface area contributed by atoms with Crippen LogP contribution in [0.25, 0.3) is 33.4 Å². The number of pyridine rings is 1. The van der Waals surface area contributed by atoms with E-state index in [2.05, 4.69) is 70.1 Å². The first-order valence-corrected chi connectivity index (χ1v) is 27.5. The maximum absolute atomic E-state index is 14.9. The molecule has 12 rings (SSSR count). The molecule has 7 fully saturated rings. The molecular formula is C54H73N9O8S. The molecule has 2 aliphatic carbocycles. The fraction of sp³-hybridized carbons (Fsp3) is 0.648. The average molecular weight is 1010 g/mol. The van der Waals surface area contributed by atoms with Gasteiger partial charge in [0.2, 0.25) is 0 Å². The molecule has 3 amide bonds. The maximum Gasteiger partial charge on any atom is 0.328 e. The number of likely N-dealkylation sites (tertiary alicyclic amines) is 1. The first-order valence-electron chi connectivity index (χ1n) is 26.6. The van der Waals surface area contributed by atoms with Gasteiger partial charge in [0.25, 0.3) is 5.91 Å². The lowest BCUT2D eigenvalue weighted by Crippen LogP contribution is -2.75. The molecule has 72 heavy (non-hydrogen) atoms. The van der Waals surface area contributed by atoms with Crippen molar-refractivity contribution in [3.8, 4) is 22.5 Å². The van der Waals surface area contributed by atoms with E-state index in [9.17, 15) is 14.4 Å². The number of rotatable bonds is 12. The van der Waals surface area contributed by atoms with Gasteiger partial charge in [-0.25, -0.2) is 20.0 Å².